The number of halogens is 2. The predicted molar refractivity (Wildman–Crippen MR) is 86.5 cm³/mol. The molecule has 1 amide bonds. The van der Waals surface area contributed by atoms with Crippen molar-refractivity contribution in [1.29, 1.82) is 0 Å². The van der Waals surface area contributed by atoms with E-state index in [9.17, 15) is 4.79 Å². The zero-order chi connectivity index (χ0) is 15.4. The molecule has 0 atom stereocenters. The van der Waals surface area contributed by atoms with Gasteiger partial charge in [0.25, 0.3) is 5.91 Å². The molecule has 110 valence electrons. The van der Waals surface area contributed by atoms with Gasteiger partial charge in [-0.3, -0.25) is 4.79 Å². The smallest absolute Gasteiger partial charge is 0.264 e. The number of likely N-dealkylation sites (N-methyl/N-ethyl adjacent to an activating group) is 1. The van der Waals surface area contributed by atoms with Crippen LogP contribution in [0.1, 0.15) is 5.56 Å². The fraction of sp³-hybridized carbons (Fsp3) is 0.188. The summed E-state index contributed by atoms with van der Waals surface area (Å²) < 4.78 is 5.50. The monoisotopic (exact) mass is 323 g/mol. The highest BCUT2D eigenvalue weighted by atomic mass is 35.5. The van der Waals surface area contributed by atoms with Crippen molar-refractivity contribution in [2.75, 3.05) is 18.6 Å². The van der Waals surface area contributed by atoms with Crippen LogP contribution in [0.3, 0.4) is 0 Å². The summed E-state index contributed by atoms with van der Waals surface area (Å²) in [4.78, 5) is 13.7. The average molecular weight is 324 g/mol. The highest BCUT2D eigenvalue weighted by Gasteiger charge is 2.13. The van der Waals surface area contributed by atoms with Crippen molar-refractivity contribution in [1.82, 2.24) is 0 Å². The highest BCUT2D eigenvalue weighted by Crippen LogP contribution is 2.30. The number of hydrogen-bond donors (Lipinski definition) is 0. The van der Waals surface area contributed by atoms with Crippen LogP contribution in [0, 0.1) is 6.92 Å². The summed E-state index contributed by atoms with van der Waals surface area (Å²) in [7, 11) is 1.70. The van der Waals surface area contributed by atoms with Crippen molar-refractivity contribution in [3.8, 4) is 5.75 Å². The Hall–Kier alpha value is -1.71. The Kier molecular flexibility index (Phi) is 5.10. The standard InChI is InChI=1S/C16H15Cl2NO2/c1-11-8-15(14(18)9-13(11)17)21-10-16(20)19(2)12-6-4-3-5-7-12/h3-9H,10H2,1-2H3. The number of aryl methyl sites for hydroxylation is 1. The van der Waals surface area contributed by atoms with Gasteiger partial charge in [0.1, 0.15) is 5.75 Å². The maximum Gasteiger partial charge on any atom is 0.264 e. The minimum atomic E-state index is -0.162. The minimum absolute atomic E-state index is 0.0911. The average Bonchev–Trinajstić information content (AvgIpc) is 2.49. The number of carbonyl (C=O) groups is 1. The zero-order valence-electron chi connectivity index (χ0n) is 11.8. The summed E-state index contributed by atoms with van der Waals surface area (Å²) in [6.07, 6.45) is 0. The van der Waals surface area contributed by atoms with Gasteiger partial charge in [-0.25, -0.2) is 0 Å². The lowest BCUT2D eigenvalue weighted by Gasteiger charge is -2.18. The Bertz CT molecular complexity index is 644. The van der Waals surface area contributed by atoms with Crippen LogP contribution in [0.2, 0.25) is 10.0 Å². The molecular weight excluding hydrogens is 309 g/mol. The molecule has 0 aliphatic rings. The summed E-state index contributed by atoms with van der Waals surface area (Å²) in [5.74, 6) is 0.290. The summed E-state index contributed by atoms with van der Waals surface area (Å²) >= 11 is 12.0. The third kappa shape index (κ3) is 3.90. The first-order valence-corrected chi connectivity index (χ1v) is 7.14. The maximum atomic E-state index is 12.1. The van der Waals surface area contributed by atoms with E-state index in [-0.39, 0.29) is 12.5 Å². The van der Waals surface area contributed by atoms with Crippen LogP contribution in [-0.2, 0) is 4.79 Å². The van der Waals surface area contributed by atoms with Crippen LogP contribution in [0.25, 0.3) is 0 Å². The van der Waals surface area contributed by atoms with Crippen LogP contribution >= 0.6 is 23.2 Å². The fourth-order valence-electron chi connectivity index (χ4n) is 1.77. The molecule has 0 spiro atoms. The molecule has 0 saturated heterocycles. The first-order chi connectivity index (χ1) is 9.99. The lowest BCUT2D eigenvalue weighted by Crippen LogP contribution is -2.31. The number of benzene rings is 2. The third-order valence-corrected chi connectivity index (χ3v) is 3.78. The predicted octanol–water partition coefficient (Wildman–Crippen LogP) is 4.34. The molecule has 0 N–H and O–H groups in total. The Balaban J connectivity index is 2.03. The van der Waals surface area contributed by atoms with Gasteiger partial charge >= 0.3 is 0 Å². The van der Waals surface area contributed by atoms with Gasteiger partial charge in [-0.1, -0.05) is 41.4 Å². The topological polar surface area (TPSA) is 29.5 Å². The van der Waals surface area contributed by atoms with E-state index >= 15 is 0 Å². The van der Waals surface area contributed by atoms with Crippen molar-refractivity contribution in [3.05, 3.63) is 58.1 Å². The molecule has 0 radical (unpaired) electrons. The van der Waals surface area contributed by atoms with Gasteiger partial charge in [0.05, 0.1) is 5.02 Å². The van der Waals surface area contributed by atoms with Gasteiger partial charge in [-0.2, -0.15) is 0 Å². The number of nitrogens with zero attached hydrogens (tertiary/aromatic N) is 1. The summed E-state index contributed by atoms with van der Waals surface area (Å²) in [5, 5.41) is 0.959. The van der Waals surface area contributed by atoms with Crippen molar-refractivity contribution < 1.29 is 9.53 Å². The lowest BCUT2D eigenvalue weighted by molar-refractivity contribution is -0.120. The van der Waals surface area contributed by atoms with Crippen LogP contribution in [0.15, 0.2) is 42.5 Å². The molecule has 0 unspecified atom stereocenters. The molecular formula is C16H15Cl2NO2. The minimum Gasteiger partial charge on any atom is -0.482 e. The molecule has 2 rings (SSSR count). The van der Waals surface area contributed by atoms with Crippen LogP contribution in [-0.4, -0.2) is 19.6 Å². The molecule has 0 heterocycles. The second kappa shape index (κ2) is 6.83. The van der Waals surface area contributed by atoms with Crippen molar-refractivity contribution in [3.63, 3.8) is 0 Å². The van der Waals surface area contributed by atoms with E-state index in [0.717, 1.165) is 11.3 Å². The van der Waals surface area contributed by atoms with Gasteiger partial charge in [-0.15, -0.1) is 0 Å². The molecule has 0 aromatic heterocycles. The van der Waals surface area contributed by atoms with Gasteiger partial charge < -0.3 is 9.64 Å². The molecule has 3 nitrogen and oxygen atoms in total. The van der Waals surface area contributed by atoms with E-state index < -0.39 is 0 Å². The second-order valence-corrected chi connectivity index (χ2v) is 5.42. The molecule has 0 saturated carbocycles. The first-order valence-electron chi connectivity index (χ1n) is 6.39. The van der Waals surface area contributed by atoms with Crippen molar-refractivity contribution in [2.45, 2.75) is 6.92 Å². The number of rotatable bonds is 4. The SMILES string of the molecule is Cc1cc(OCC(=O)N(C)c2ccccc2)c(Cl)cc1Cl. The van der Waals surface area contributed by atoms with E-state index in [1.54, 1.807) is 19.2 Å². The van der Waals surface area contributed by atoms with Gasteiger partial charge in [0.2, 0.25) is 0 Å². The third-order valence-electron chi connectivity index (χ3n) is 3.08. The lowest BCUT2D eigenvalue weighted by atomic mass is 10.2. The maximum absolute atomic E-state index is 12.1. The number of anilines is 1. The van der Waals surface area contributed by atoms with Crippen LogP contribution in [0.5, 0.6) is 5.75 Å². The fourth-order valence-corrected chi connectivity index (χ4v) is 2.21. The van der Waals surface area contributed by atoms with E-state index in [1.165, 1.54) is 4.90 Å². The van der Waals surface area contributed by atoms with Gasteiger partial charge in [0.15, 0.2) is 6.61 Å². The molecule has 21 heavy (non-hydrogen) atoms. The second-order valence-electron chi connectivity index (χ2n) is 4.61. The first kappa shape index (κ1) is 15.7. The Morgan fingerprint density at radius 2 is 1.81 bits per heavy atom. The molecule has 0 aliphatic carbocycles. The molecule has 0 bridgehead atoms. The van der Waals surface area contributed by atoms with Crippen LogP contribution < -0.4 is 9.64 Å². The quantitative estimate of drug-likeness (QED) is 0.837. The number of ether oxygens (including phenoxy) is 1. The normalized spacial score (nSPS) is 10.3. The molecule has 5 heteroatoms. The van der Waals surface area contributed by atoms with E-state index in [2.05, 4.69) is 0 Å². The van der Waals surface area contributed by atoms with Crippen LogP contribution in [0.4, 0.5) is 5.69 Å². The number of carbonyl (C=O) groups excluding carboxylic acids is 1. The Morgan fingerprint density at radius 1 is 1.14 bits per heavy atom. The summed E-state index contributed by atoms with van der Waals surface area (Å²) in [6.45, 7) is 1.76. The zero-order valence-corrected chi connectivity index (χ0v) is 13.3. The van der Waals surface area contributed by atoms with E-state index in [4.69, 9.17) is 27.9 Å². The number of para-hydroxylation sites is 1. The Morgan fingerprint density at radius 3 is 2.48 bits per heavy atom. The van der Waals surface area contributed by atoms with Gasteiger partial charge in [0, 0.05) is 17.8 Å². The Labute approximate surface area is 134 Å². The van der Waals surface area contributed by atoms with E-state index in [0.29, 0.717) is 15.8 Å². The molecule has 2 aromatic rings. The van der Waals surface area contributed by atoms with E-state index in [1.807, 2.05) is 37.3 Å². The molecule has 2 aromatic carbocycles. The van der Waals surface area contributed by atoms with Gasteiger partial charge in [-0.05, 0) is 36.8 Å². The number of hydrogen-bond acceptors (Lipinski definition) is 2. The molecule has 0 aliphatic heterocycles. The molecule has 0 fully saturated rings. The van der Waals surface area contributed by atoms with Crippen molar-refractivity contribution >= 4 is 34.8 Å². The highest BCUT2D eigenvalue weighted by molar-refractivity contribution is 6.36. The largest absolute Gasteiger partial charge is 0.482 e. The summed E-state index contributed by atoms with van der Waals surface area (Å²) in [5.41, 5.74) is 1.66. The summed E-state index contributed by atoms with van der Waals surface area (Å²) in [6, 6.07) is 12.7. The van der Waals surface area contributed by atoms with Crippen molar-refractivity contribution in [2.24, 2.45) is 0 Å². The number of amides is 1.